The average molecular weight is 522 g/mol. The molecule has 1 saturated heterocycles. The first kappa shape index (κ1) is 23.5. The zero-order valence-electron chi connectivity index (χ0n) is 18.6. The van der Waals surface area contributed by atoms with Gasteiger partial charge in [0, 0.05) is 29.7 Å². The van der Waals surface area contributed by atoms with E-state index in [1.807, 2.05) is 48.5 Å². The van der Waals surface area contributed by atoms with Gasteiger partial charge >= 0.3 is 0 Å². The van der Waals surface area contributed by atoms with E-state index in [-0.39, 0.29) is 30.7 Å². The monoisotopic (exact) mass is 521 g/mol. The van der Waals surface area contributed by atoms with E-state index >= 15 is 0 Å². The number of hydrogen-bond donors (Lipinski definition) is 2. The topological polar surface area (TPSA) is 87.7 Å². The molecule has 3 aromatic carbocycles. The number of nitrogens with one attached hydrogen (secondary N) is 2. The number of ether oxygens (including phenoxy) is 1. The summed E-state index contributed by atoms with van der Waals surface area (Å²) in [5.41, 5.74) is 2.41. The number of amides is 3. The molecular formula is C26H24BrN3O4. The highest BCUT2D eigenvalue weighted by Gasteiger charge is 2.35. The van der Waals surface area contributed by atoms with E-state index < -0.39 is 5.92 Å². The molecule has 3 amide bonds. The van der Waals surface area contributed by atoms with Crippen molar-refractivity contribution in [3.8, 4) is 5.75 Å². The number of carbonyl (C=O) groups is 3. The van der Waals surface area contributed by atoms with Crippen molar-refractivity contribution in [1.82, 2.24) is 5.32 Å². The molecular weight excluding hydrogens is 498 g/mol. The number of anilines is 2. The Bertz CT molecular complexity index is 1210. The second kappa shape index (κ2) is 10.5. The number of hydrogen-bond acceptors (Lipinski definition) is 4. The zero-order chi connectivity index (χ0) is 24.1. The van der Waals surface area contributed by atoms with Crippen LogP contribution in [0.4, 0.5) is 11.4 Å². The SMILES string of the molecule is COc1cccc(CNC(=O)c2ccccc2NC(=O)[C@H]2CC(=O)N(c3ccc(Br)cc3)C2)c1. The van der Waals surface area contributed by atoms with Crippen molar-refractivity contribution >= 4 is 45.0 Å². The zero-order valence-corrected chi connectivity index (χ0v) is 20.2. The van der Waals surface area contributed by atoms with Crippen LogP contribution < -0.4 is 20.3 Å². The Labute approximate surface area is 206 Å². The van der Waals surface area contributed by atoms with Crippen LogP contribution in [0.2, 0.25) is 0 Å². The third kappa shape index (κ3) is 5.46. The van der Waals surface area contributed by atoms with Crippen molar-refractivity contribution in [1.29, 1.82) is 0 Å². The highest BCUT2D eigenvalue weighted by atomic mass is 79.9. The number of para-hydroxylation sites is 1. The van der Waals surface area contributed by atoms with E-state index in [1.165, 1.54) is 0 Å². The molecule has 1 fully saturated rings. The first-order valence-corrected chi connectivity index (χ1v) is 11.6. The minimum absolute atomic E-state index is 0.105. The van der Waals surface area contributed by atoms with Gasteiger partial charge in [0.05, 0.1) is 24.3 Å². The lowest BCUT2D eigenvalue weighted by molar-refractivity contribution is -0.122. The van der Waals surface area contributed by atoms with E-state index in [0.717, 1.165) is 15.7 Å². The number of benzene rings is 3. The summed E-state index contributed by atoms with van der Waals surface area (Å²) in [5.74, 6) is -0.503. The van der Waals surface area contributed by atoms with Crippen molar-refractivity contribution in [2.24, 2.45) is 5.92 Å². The van der Waals surface area contributed by atoms with Gasteiger partial charge in [-0.2, -0.15) is 0 Å². The average Bonchev–Trinajstić information content (AvgIpc) is 3.25. The summed E-state index contributed by atoms with van der Waals surface area (Å²) in [5, 5.41) is 5.72. The Morgan fingerprint density at radius 2 is 1.82 bits per heavy atom. The smallest absolute Gasteiger partial charge is 0.253 e. The molecule has 34 heavy (non-hydrogen) atoms. The summed E-state index contributed by atoms with van der Waals surface area (Å²) in [6, 6.07) is 21.7. The second-order valence-electron chi connectivity index (χ2n) is 7.95. The fourth-order valence-corrected chi connectivity index (χ4v) is 4.10. The summed E-state index contributed by atoms with van der Waals surface area (Å²) >= 11 is 3.38. The van der Waals surface area contributed by atoms with Crippen LogP contribution in [-0.2, 0) is 16.1 Å². The minimum Gasteiger partial charge on any atom is -0.497 e. The number of nitrogens with zero attached hydrogens (tertiary/aromatic N) is 1. The molecule has 4 rings (SSSR count). The third-order valence-electron chi connectivity index (χ3n) is 5.65. The molecule has 1 aliphatic rings. The Morgan fingerprint density at radius 1 is 1.06 bits per heavy atom. The van der Waals surface area contributed by atoms with Crippen LogP contribution in [0.1, 0.15) is 22.3 Å². The largest absolute Gasteiger partial charge is 0.497 e. The summed E-state index contributed by atoms with van der Waals surface area (Å²) in [6.45, 7) is 0.605. The summed E-state index contributed by atoms with van der Waals surface area (Å²) in [6.07, 6.45) is 0.117. The van der Waals surface area contributed by atoms with Crippen LogP contribution in [0.3, 0.4) is 0 Å². The lowest BCUT2D eigenvalue weighted by Gasteiger charge is -2.17. The van der Waals surface area contributed by atoms with E-state index in [0.29, 0.717) is 23.5 Å². The maximum absolute atomic E-state index is 13.0. The van der Waals surface area contributed by atoms with Crippen LogP contribution in [-0.4, -0.2) is 31.4 Å². The Kier molecular flexibility index (Phi) is 7.27. The fourth-order valence-electron chi connectivity index (χ4n) is 3.84. The van der Waals surface area contributed by atoms with Gasteiger partial charge in [0.1, 0.15) is 5.75 Å². The van der Waals surface area contributed by atoms with Crippen LogP contribution in [0.25, 0.3) is 0 Å². The number of halogens is 1. The second-order valence-corrected chi connectivity index (χ2v) is 8.87. The van der Waals surface area contributed by atoms with E-state index in [4.69, 9.17) is 4.74 Å². The quantitative estimate of drug-likeness (QED) is 0.482. The number of rotatable bonds is 7. The molecule has 0 aliphatic carbocycles. The van der Waals surface area contributed by atoms with E-state index in [9.17, 15) is 14.4 Å². The molecule has 0 unspecified atom stereocenters. The molecule has 3 aromatic rings. The first-order valence-electron chi connectivity index (χ1n) is 10.8. The molecule has 8 heteroatoms. The van der Waals surface area contributed by atoms with Crippen LogP contribution in [0.5, 0.6) is 5.75 Å². The van der Waals surface area contributed by atoms with Gasteiger partial charge in [0.2, 0.25) is 11.8 Å². The number of methoxy groups -OCH3 is 1. The Balaban J connectivity index is 1.41. The predicted octanol–water partition coefficient (Wildman–Crippen LogP) is 4.38. The van der Waals surface area contributed by atoms with Crippen molar-refractivity contribution in [3.05, 3.63) is 88.4 Å². The van der Waals surface area contributed by atoms with Gasteiger partial charge in [0.15, 0.2) is 0 Å². The molecule has 174 valence electrons. The van der Waals surface area contributed by atoms with E-state index in [2.05, 4.69) is 26.6 Å². The molecule has 1 aliphatic heterocycles. The lowest BCUT2D eigenvalue weighted by atomic mass is 10.1. The molecule has 0 saturated carbocycles. The maximum atomic E-state index is 13.0. The minimum atomic E-state index is -0.510. The van der Waals surface area contributed by atoms with Crippen LogP contribution in [0.15, 0.2) is 77.3 Å². The standard InChI is InChI=1S/C26H24BrN3O4/c1-34-21-6-4-5-17(13-21)15-28-26(33)22-7-2-3-8-23(22)29-25(32)18-14-24(31)30(16-18)20-11-9-19(27)10-12-20/h2-13,18H,14-16H2,1H3,(H,28,33)(H,29,32)/t18-/m0/s1. The van der Waals surface area contributed by atoms with Gasteiger partial charge < -0.3 is 20.3 Å². The summed E-state index contributed by atoms with van der Waals surface area (Å²) in [7, 11) is 1.59. The van der Waals surface area contributed by atoms with Gasteiger partial charge in [-0.05, 0) is 54.1 Å². The maximum Gasteiger partial charge on any atom is 0.253 e. The van der Waals surface area contributed by atoms with E-state index in [1.54, 1.807) is 36.3 Å². The molecule has 0 radical (unpaired) electrons. The predicted molar refractivity (Wildman–Crippen MR) is 134 cm³/mol. The Hall–Kier alpha value is -3.65. The normalized spacial score (nSPS) is 15.2. The summed E-state index contributed by atoms with van der Waals surface area (Å²) < 4.78 is 6.13. The Morgan fingerprint density at radius 3 is 2.59 bits per heavy atom. The molecule has 2 N–H and O–H groups in total. The van der Waals surface area contributed by atoms with Crippen LogP contribution in [0, 0.1) is 5.92 Å². The molecule has 1 heterocycles. The van der Waals surface area contributed by atoms with Crippen molar-refractivity contribution in [3.63, 3.8) is 0 Å². The summed E-state index contributed by atoms with van der Waals surface area (Å²) in [4.78, 5) is 40.0. The highest BCUT2D eigenvalue weighted by molar-refractivity contribution is 9.10. The highest BCUT2D eigenvalue weighted by Crippen LogP contribution is 2.27. The fraction of sp³-hybridized carbons (Fsp3) is 0.192. The molecule has 0 bridgehead atoms. The van der Waals surface area contributed by atoms with Gasteiger partial charge in [-0.1, -0.05) is 40.2 Å². The molecule has 0 spiro atoms. The van der Waals surface area contributed by atoms with Crippen molar-refractivity contribution in [2.75, 3.05) is 23.9 Å². The third-order valence-corrected chi connectivity index (χ3v) is 6.18. The van der Waals surface area contributed by atoms with Gasteiger partial charge in [-0.25, -0.2) is 0 Å². The molecule has 0 aromatic heterocycles. The first-order chi connectivity index (χ1) is 16.4. The lowest BCUT2D eigenvalue weighted by Crippen LogP contribution is -2.29. The van der Waals surface area contributed by atoms with Crippen molar-refractivity contribution < 1.29 is 19.1 Å². The molecule has 7 nitrogen and oxygen atoms in total. The van der Waals surface area contributed by atoms with Crippen LogP contribution >= 0.6 is 15.9 Å². The van der Waals surface area contributed by atoms with Gasteiger partial charge in [-0.15, -0.1) is 0 Å². The van der Waals surface area contributed by atoms with Gasteiger partial charge in [-0.3, -0.25) is 14.4 Å². The molecule has 1 atom stereocenters. The van der Waals surface area contributed by atoms with Gasteiger partial charge in [0.25, 0.3) is 5.91 Å². The number of carbonyl (C=O) groups excluding carboxylic acids is 3. The van der Waals surface area contributed by atoms with Crippen molar-refractivity contribution in [2.45, 2.75) is 13.0 Å².